The summed E-state index contributed by atoms with van der Waals surface area (Å²) in [4.78, 5) is 11.7. The van der Waals surface area contributed by atoms with E-state index >= 15 is 0 Å². The van der Waals surface area contributed by atoms with Crippen molar-refractivity contribution in [2.24, 2.45) is 7.05 Å². The van der Waals surface area contributed by atoms with Crippen molar-refractivity contribution in [1.29, 1.82) is 0 Å². The highest BCUT2D eigenvalue weighted by molar-refractivity contribution is 5.86. The van der Waals surface area contributed by atoms with Crippen LogP contribution in [0.25, 0.3) is 17.2 Å². The SMILES string of the molecule is Cn1cc(/C=C/C(=O)OCc2ccc(-c3ccccc3)cc2)cn1. The summed E-state index contributed by atoms with van der Waals surface area (Å²) in [6.45, 7) is 0.255. The van der Waals surface area contributed by atoms with Gasteiger partial charge in [0.05, 0.1) is 6.20 Å². The van der Waals surface area contributed by atoms with E-state index in [0.717, 1.165) is 16.7 Å². The Morgan fingerprint density at radius 3 is 2.46 bits per heavy atom. The number of nitrogens with zero attached hydrogens (tertiary/aromatic N) is 2. The summed E-state index contributed by atoms with van der Waals surface area (Å²) >= 11 is 0. The lowest BCUT2D eigenvalue weighted by molar-refractivity contribution is -0.138. The molecule has 4 nitrogen and oxygen atoms in total. The molecule has 3 aromatic rings. The van der Waals surface area contributed by atoms with Crippen molar-refractivity contribution in [3.8, 4) is 11.1 Å². The highest BCUT2D eigenvalue weighted by Crippen LogP contribution is 2.19. The molecular weight excluding hydrogens is 300 g/mol. The van der Waals surface area contributed by atoms with Crippen molar-refractivity contribution in [2.45, 2.75) is 6.61 Å². The maximum atomic E-state index is 11.7. The van der Waals surface area contributed by atoms with Crippen LogP contribution in [0.15, 0.2) is 73.1 Å². The summed E-state index contributed by atoms with van der Waals surface area (Å²) in [6, 6.07) is 18.2. The van der Waals surface area contributed by atoms with Crippen LogP contribution in [0.4, 0.5) is 0 Å². The Hall–Kier alpha value is -3.14. The largest absolute Gasteiger partial charge is 0.458 e. The van der Waals surface area contributed by atoms with E-state index in [0.29, 0.717) is 0 Å². The molecule has 0 radical (unpaired) electrons. The van der Waals surface area contributed by atoms with Gasteiger partial charge in [0.15, 0.2) is 0 Å². The topological polar surface area (TPSA) is 44.1 Å². The summed E-state index contributed by atoms with van der Waals surface area (Å²) in [5.41, 5.74) is 4.13. The van der Waals surface area contributed by atoms with Gasteiger partial charge in [-0.1, -0.05) is 54.6 Å². The Balaban J connectivity index is 1.55. The van der Waals surface area contributed by atoms with Crippen molar-refractivity contribution < 1.29 is 9.53 Å². The molecule has 3 rings (SSSR count). The normalized spacial score (nSPS) is 10.9. The smallest absolute Gasteiger partial charge is 0.331 e. The van der Waals surface area contributed by atoms with Crippen LogP contribution in [0.5, 0.6) is 0 Å². The van der Waals surface area contributed by atoms with E-state index in [1.165, 1.54) is 11.6 Å². The summed E-state index contributed by atoms with van der Waals surface area (Å²) in [5.74, 6) is -0.369. The number of hydrogen-bond acceptors (Lipinski definition) is 3. The van der Waals surface area contributed by atoms with Crippen LogP contribution < -0.4 is 0 Å². The predicted octanol–water partition coefficient (Wildman–Crippen LogP) is 3.84. The van der Waals surface area contributed by atoms with Crippen LogP contribution in [-0.4, -0.2) is 15.7 Å². The molecule has 2 aromatic carbocycles. The number of aryl methyl sites for hydroxylation is 1. The zero-order valence-electron chi connectivity index (χ0n) is 13.4. The fourth-order valence-corrected chi connectivity index (χ4v) is 2.32. The number of carbonyl (C=O) groups is 1. The van der Waals surface area contributed by atoms with Crippen molar-refractivity contribution >= 4 is 12.0 Å². The standard InChI is InChI=1S/C20H18N2O2/c1-22-14-17(13-21-22)9-12-20(23)24-15-16-7-10-19(11-8-16)18-5-3-2-4-6-18/h2-14H,15H2,1H3/b12-9+. The van der Waals surface area contributed by atoms with Gasteiger partial charge in [0.25, 0.3) is 0 Å². The maximum absolute atomic E-state index is 11.7. The highest BCUT2D eigenvalue weighted by atomic mass is 16.5. The summed E-state index contributed by atoms with van der Waals surface area (Å²) in [6.07, 6.45) is 6.61. The lowest BCUT2D eigenvalue weighted by Gasteiger charge is -2.05. The lowest BCUT2D eigenvalue weighted by atomic mass is 10.0. The minimum atomic E-state index is -0.369. The van der Waals surface area contributed by atoms with Gasteiger partial charge in [0.1, 0.15) is 6.61 Å². The van der Waals surface area contributed by atoms with Crippen molar-refractivity contribution in [1.82, 2.24) is 9.78 Å². The number of hydrogen-bond donors (Lipinski definition) is 0. The zero-order valence-corrected chi connectivity index (χ0v) is 13.4. The molecule has 1 aromatic heterocycles. The highest BCUT2D eigenvalue weighted by Gasteiger charge is 2.01. The van der Waals surface area contributed by atoms with Crippen LogP contribution in [0.1, 0.15) is 11.1 Å². The third kappa shape index (κ3) is 4.20. The number of carbonyl (C=O) groups excluding carboxylic acids is 1. The van der Waals surface area contributed by atoms with Gasteiger partial charge in [0.2, 0.25) is 0 Å². The molecule has 0 amide bonds. The van der Waals surface area contributed by atoms with E-state index in [-0.39, 0.29) is 12.6 Å². The van der Waals surface area contributed by atoms with Crippen molar-refractivity contribution in [2.75, 3.05) is 0 Å². The maximum Gasteiger partial charge on any atom is 0.331 e. The molecule has 0 atom stereocenters. The third-order valence-corrected chi connectivity index (χ3v) is 3.58. The summed E-state index contributed by atoms with van der Waals surface area (Å²) in [7, 11) is 1.83. The average molecular weight is 318 g/mol. The van der Waals surface area contributed by atoms with Crippen LogP contribution in [-0.2, 0) is 23.2 Å². The van der Waals surface area contributed by atoms with Gasteiger partial charge in [-0.05, 0) is 22.8 Å². The van der Waals surface area contributed by atoms with Crippen LogP contribution in [0.2, 0.25) is 0 Å². The Morgan fingerprint density at radius 2 is 1.79 bits per heavy atom. The minimum absolute atomic E-state index is 0.255. The number of benzene rings is 2. The third-order valence-electron chi connectivity index (χ3n) is 3.58. The first-order chi connectivity index (χ1) is 11.7. The quantitative estimate of drug-likeness (QED) is 0.530. The second kappa shape index (κ2) is 7.42. The summed E-state index contributed by atoms with van der Waals surface area (Å²) < 4.78 is 6.93. The molecule has 0 saturated heterocycles. The molecule has 0 fully saturated rings. The van der Waals surface area contributed by atoms with Gasteiger partial charge < -0.3 is 4.74 Å². The molecule has 120 valence electrons. The van der Waals surface area contributed by atoms with Crippen molar-refractivity contribution in [3.63, 3.8) is 0 Å². The summed E-state index contributed by atoms with van der Waals surface area (Å²) in [5, 5.41) is 4.03. The molecule has 0 aliphatic rings. The molecule has 0 aliphatic heterocycles. The molecule has 0 N–H and O–H groups in total. The first kappa shape index (κ1) is 15.7. The molecule has 1 heterocycles. The molecule has 0 aliphatic carbocycles. The fraction of sp³-hybridized carbons (Fsp3) is 0.100. The van der Waals surface area contributed by atoms with E-state index in [1.54, 1.807) is 17.0 Å². The molecule has 0 bridgehead atoms. The number of rotatable bonds is 5. The number of aromatic nitrogens is 2. The molecule has 24 heavy (non-hydrogen) atoms. The zero-order chi connectivity index (χ0) is 16.8. The van der Waals surface area contributed by atoms with E-state index in [4.69, 9.17) is 4.74 Å². The second-order valence-corrected chi connectivity index (χ2v) is 5.45. The van der Waals surface area contributed by atoms with E-state index < -0.39 is 0 Å². The van der Waals surface area contributed by atoms with E-state index in [2.05, 4.69) is 17.2 Å². The molecule has 0 unspecified atom stereocenters. The first-order valence-electron chi connectivity index (χ1n) is 7.68. The number of ether oxygens (including phenoxy) is 1. The van der Waals surface area contributed by atoms with Gasteiger partial charge in [-0.3, -0.25) is 4.68 Å². The minimum Gasteiger partial charge on any atom is -0.458 e. The molecule has 0 saturated carbocycles. The average Bonchev–Trinajstić information content (AvgIpc) is 3.05. The molecule has 0 spiro atoms. The van der Waals surface area contributed by atoms with Gasteiger partial charge in [-0.25, -0.2) is 4.79 Å². The Kier molecular flexibility index (Phi) is 4.87. The monoisotopic (exact) mass is 318 g/mol. The molecular formula is C20H18N2O2. The Bertz CT molecular complexity index is 834. The van der Waals surface area contributed by atoms with Gasteiger partial charge >= 0.3 is 5.97 Å². The van der Waals surface area contributed by atoms with Crippen molar-refractivity contribution in [3.05, 3.63) is 84.2 Å². The predicted molar refractivity (Wildman–Crippen MR) is 93.9 cm³/mol. The second-order valence-electron chi connectivity index (χ2n) is 5.45. The fourth-order valence-electron chi connectivity index (χ4n) is 2.32. The van der Waals surface area contributed by atoms with E-state index in [1.807, 2.05) is 55.7 Å². The Morgan fingerprint density at radius 1 is 1.08 bits per heavy atom. The van der Waals surface area contributed by atoms with Gasteiger partial charge in [-0.15, -0.1) is 0 Å². The first-order valence-corrected chi connectivity index (χ1v) is 7.68. The van der Waals surface area contributed by atoms with Crippen LogP contribution in [0, 0.1) is 0 Å². The Labute approximate surface area is 141 Å². The van der Waals surface area contributed by atoms with Gasteiger partial charge in [0, 0.05) is 24.9 Å². The van der Waals surface area contributed by atoms with Crippen LogP contribution >= 0.6 is 0 Å². The number of esters is 1. The molecule has 4 heteroatoms. The lowest BCUT2D eigenvalue weighted by Crippen LogP contribution is -2.00. The van der Waals surface area contributed by atoms with E-state index in [9.17, 15) is 4.79 Å². The van der Waals surface area contributed by atoms with Gasteiger partial charge in [-0.2, -0.15) is 5.10 Å². The van der Waals surface area contributed by atoms with Crippen LogP contribution in [0.3, 0.4) is 0 Å².